The van der Waals surface area contributed by atoms with Crippen LogP contribution in [0.5, 0.6) is 17.2 Å². The van der Waals surface area contributed by atoms with Crippen LogP contribution in [0.1, 0.15) is 148 Å². The Balaban J connectivity index is 1.44. The van der Waals surface area contributed by atoms with Crippen molar-refractivity contribution >= 4 is 22.4 Å². The number of fused-ring (bicyclic) bond motifs is 3. The lowest BCUT2D eigenvalue weighted by Crippen LogP contribution is -2.69. The summed E-state index contributed by atoms with van der Waals surface area (Å²) in [7, 11) is 1.91. The van der Waals surface area contributed by atoms with Crippen LogP contribution in [-0.4, -0.2) is 71.0 Å². The van der Waals surface area contributed by atoms with Gasteiger partial charge in [0.25, 0.3) is 0 Å². The first kappa shape index (κ1) is 48.3. The van der Waals surface area contributed by atoms with Gasteiger partial charge in [0, 0.05) is 44.6 Å². The number of ether oxygens (including phenoxy) is 3. The highest BCUT2D eigenvalue weighted by Crippen LogP contribution is 2.62. The highest BCUT2D eigenvalue weighted by atomic mass is 16.7. The van der Waals surface area contributed by atoms with Crippen LogP contribution >= 0.6 is 0 Å². The Morgan fingerprint density at radius 3 is 2.24 bits per heavy atom. The van der Waals surface area contributed by atoms with E-state index in [-0.39, 0.29) is 49.4 Å². The van der Waals surface area contributed by atoms with Crippen LogP contribution in [0.15, 0.2) is 90.1 Å². The zero-order chi connectivity index (χ0) is 44.8. The van der Waals surface area contributed by atoms with Crippen molar-refractivity contribution in [2.45, 2.75) is 160 Å². The molecule has 344 valence electrons. The normalized spacial score (nSPS) is 23.4. The van der Waals surface area contributed by atoms with E-state index >= 15 is 0 Å². The van der Waals surface area contributed by atoms with E-state index in [0.717, 1.165) is 84.7 Å². The van der Waals surface area contributed by atoms with Crippen LogP contribution in [0.4, 0.5) is 0 Å². The van der Waals surface area contributed by atoms with Crippen LogP contribution in [-0.2, 0) is 14.4 Å². The monoisotopic (exact) mass is 865 g/mol. The summed E-state index contributed by atoms with van der Waals surface area (Å²) in [6.07, 6.45) is 20.5. The van der Waals surface area contributed by atoms with Gasteiger partial charge in [0.1, 0.15) is 28.9 Å². The molecule has 1 saturated carbocycles. The second kappa shape index (κ2) is 23.1. The average molecular weight is 865 g/mol. The minimum Gasteiger partial charge on any atom is -0.459 e. The molecule has 9 nitrogen and oxygen atoms in total. The molecule has 2 aliphatic carbocycles. The number of oxime groups is 1. The number of carbonyl (C=O) groups excluding carboxylic acids is 1. The van der Waals surface area contributed by atoms with Crippen molar-refractivity contribution in [3.8, 4) is 17.2 Å². The minimum atomic E-state index is -1.27. The summed E-state index contributed by atoms with van der Waals surface area (Å²) in [5.41, 5.74) is 2.33. The molecule has 6 rings (SSSR count). The number of likely N-dealkylation sites (N-methyl/N-ethyl adjacent to an activating group) is 1. The summed E-state index contributed by atoms with van der Waals surface area (Å²) in [6, 6.07) is 20.0. The van der Waals surface area contributed by atoms with E-state index in [2.05, 4.69) is 49.9 Å². The minimum absolute atomic E-state index is 0.0651. The molecule has 63 heavy (non-hydrogen) atoms. The van der Waals surface area contributed by atoms with Gasteiger partial charge in [-0.1, -0.05) is 119 Å². The maximum absolute atomic E-state index is 14.4. The number of unbranched alkanes of at least 4 members (excludes halogenated alkanes) is 10. The number of benzene rings is 3. The molecule has 1 amide bonds. The van der Waals surface area contributed by atoms with E-state index < -0.39 is 17.4 Å². The molecular formula is C54H76N2O7. The molecule has 0 bridgehead atoms. The van der Waals surface area contributed by atoms with Gasteiger partial charge in [-0.3, -0.25) is 4.79 Å². The number of amides is 1. The third kappa shape index (κ3) is 12.1. The maximum Gasteiger partial charge on any atom is 0.239 e. The summed E-state index contributed by atoms with van der Waals surface area (Å²) in [4.78, 5) is 22.6. The van der Waals surface area contributed by atoms with E-state index in [9.17, 15) is 15.0 Å². The van der Waals surface area contributed by atoms with Gasteiger partial charge in [0.05, 0.1) is 18.2 Å². The Hall–Kier alpha value is -4.18. The largest absolute Gasteiger partial charge is 0.459 e. The number of aliphatic hydroxyl groups is 2. The zero-order valence-electron chi connectivity index (χ0n) is 39.0. The molecule has 0 radical (unpaired) electrons. The number of aliphatic hydroxyl groups excluding tert-OH is 2. The lowest BCUT2D eigenvalue weighted by Gasteiger charge is -2.59. The molecule has 9 heteroatoms. The van der Waals surface area contributed by atoms with Crippen molar-refractivity contribution in [1.29, 1.82) is 0 Å². The van der Waals surface area contributed by atoms with Crippen molar-refractivity contribution < 1.29 is 34.1 Å². The van der Waals surface area contributed by atoms with E-state index in [4.69, 9.17) is 24.2 Å². The van der Waals surface area contributed by atoms with E-state index in [1.54, 1.807) is 6.08 Å². The lowest BCUT2D eigenvalue weighted by molar-refractivity contribution is -0.255. The first-order valence-electron chi connectivity index (χ1n) is 24.2. The summed E-state index contributed by atoms with van der Waals surface area (Å²) in [5.74, 6) is 0.742. The Morgan fingerprint density at radius 1 is 0.873 bits per heavy atom. The van der Waals surface area contributed by atoms with Crippen LogP contribution < -0.4 is 9.47 Å². The SMILES string of the molecule is C=CCOC12Oc3ccc(Oc4ccc5ccccc5c4)cc3C3C(CCCCO)C(CCCCO)C=C(C(=NOC(C)(C)C)CC1N(C)C(=O)CCCCCCCCCCC)C32. The first-order valence-corrected chi connectivity index (χ1v) is 24.2. The van der Waals surface area contributed by atoms with Crippen molar-refractivity contribution in [3.63, 3.8) is 0 Å². The highest BCUT2D eigenvalue weighted by molar-refractivity contribution is 6.03. The van der Waals surface area contributed by atoms with Crippen molar-refractivity contribution in [1.82, 2.24) is 4.90 Å². The number of hydrogen-bond donors (Lipinski definition) is 2. The Labute approximate surface area is 377 Å². The molecule has 0 spiro atoms. The standard InChI is InChI=1S/C54H76N2O7/c1-7-9-10-11-12-13-14-15-16-27-50(59)56(6)49-38-47(55-63-53(3,4)5)45-36-41(25-19-21-32-57)44(26-20-22-33-58)51-46-37-43(61-42-29-28-39-23-17-18-24-40(39)35-42)30-31-48(46)62-54(49,52(45)51)60-34-8-2/h8,17-18,23-24,28-31,35-37,41,44,49,51-52,57-58H,2,7,9-16,19-22,25-27,32-34,38H2,1,3-6H3. The summed E-state index contributed by atoms with van der Waals surface area (Å²) in [5, 5.41) is 27.1. The summed E-state index contributed by atoms with van der Waals surface area (Å²) < 4.78 is 21.1. The summed E-state index contributed by atoms with van der Waals surface area (Å²) >= 11 is 0. The number of rotatable bonds is 25. The third-order valence-electron chi connectivity index (χ3n) is 13.4. The molecule has 2 N–H and O–H groups in total. The van der Waals surface area contributed by atoms with Gasteiger partial charge in [-0.2, -0.15) is 0 Å². The smallest absolute Gasteiger partial charge is 0.239 e. The van der Waals surface area contributed by atoms with Crippen molar-refractivity contribution in [2.75, 3.05) is 26.9 Å². The van der Waals surface area contributed by atoms with Gasteiger partial charge in [0.15, 0.2) is 0 Å². The molecule has 3 aromatic carbocycles. The molecule has 6 atom stereocenters. The van der Waals surface area contributed by atoms with Gasteiger partial charge in [-0.15, -0.1) is 6.58 Å². The van der Waals surface area contributed by atoms with Crippen LogP contribution in [0.25, 0.3) is 10.8 Å². The molecule has 1 fully saturated rings. The first-order chi connectivity index (χ1) is 30.5. The zero-order valence-corrected chi connectivity index (χ0v) is 39.0. The summed E-state index contributed by atoms with van der Waals surface area (Å²) in [6.45, 7) is 12.8. The number of nitrogens with zero attached hydrogens (tertiary/aromatic N) is 2. The highest BCUT2D eigenvalue weighted by Gasteiger charge is 2.65. The molecule has 6 unspecified atom stereocenters. The Morgan fingerprint density at radius 2 is 1.54 bits per heavy atom. The molecule has 0 aromatic heterocycles. The van der Waals surface area contributed by atoms with Crippen LogP contribution in [0.3, 0.4) is 0 Å². The fourth-order valence-electron chi connectivity index (χ4n) is 10.3. The van der Waals surface area contributed by atoms with Gasteiger partial charge in [0.2, 0.25) is 11.7 Å². The van der Waals surface area contributed by atoms with Crippen molar-refractivity contribution in [2.24, 2.45) is 22.9 Å². The Kier molecular flexibility index (Phi) is 17.7. The predicted molar refractivity (Wildman–Crippen MR) is 254 cm³/mol. The van der Waals surface area contributed by atoms with E-state index in [0.29, 0.717) is 30.8 Å². The second-order valence-electron chi connectivity index (χ2n) is 19.2. The predicted octanol–water partition coefficient (Wildman–Crippen LogP) is 12.4. The van der Waals surface area contributed by atoms with Gasteiger partial charge in [-0.05, 0) is 111 Å². The maximum atomic E-state index is 14.4. The Bertz CT molecular complexity index is 2000. The average Bonchev–Trinajstić information content (AvgIpc) is 3.27. The molecule has 3 aliphatic rings. The van der Waals surface area contributed by atoms with E-state index in [1.165, 1.54) is 38.5 Å². The number of hydrogen-bond acceptors (Lipinski definition) is 8. The topological polar surface area (TPSA) is 110 Å². The van der Waals surface area contributed by atoms with E-state index in [1.807, 2.05) is 63.1 Å². The quantitative estimate of drug-likeness (QED) is 0.0496. The molecule has 3 aromatic rings. The lowest BCUT2D eigenvalue weighted by atomic mass is 9.55. The van der Waals surface area contributed by atoms with Gasteiger partial charge >= 0.3 is 0 Å². The van der Waals surface area contributed by atoms with Crippen molar-refractivity contribution in [3.05, 3.63) is 90.5 Å². The fraction of sp³-hybridized carbons (Fsp3) is 0.593. The molecular weight excluding hydrogens is 789 g/mol. The number of carbonyl (C=O) groups is 1. The third-order valence-corrected chi connectivity index (χ3v) is 13.4. The van der Waals surface area contributed by atoms with Gasteiger partial charge in [-0.25, -0.2) is 0 Å². The molecule has 1 aliphatic heterocycles. The second-order valence-corrected chi connectivity index (χ2v) is 19.2. The van der Waals surface area contributed by atoms with Crippen LogP contribution in [0, 0.1) is 17.8 Å². The van der Waals surface area contributed by atoms with Crippen LogP contribution in [0.2, 0.25) is 0 Å². The fourth-order valence-corrected chi connectivity index (χ4v) is 10.3. The molecule has 1 heterocycles. The van der Waals surface area contributed by atoms with Gasteiger partial charge < -0.3 is 34.2 Å². The molecule has 0 saturated heterocycles. The number of allylic oxidation sites excluding steroid dienone is 1.